The first-order chi connectivity index (χ1) is 15.3. The molecule has 2 N–H and O–H groups in total. The van der Waals surface area contributed by atoms with Crippen LogP contribution in [0.15, 0.2) is 18.2 Å². The van der Waals surface area contributed by atoms with Crippen molar-refractivity contribution < 1.29 is 24.2 Å². The molecule has 7 nitrogen and oxygen atoms in total. The highest BCUT2D eigenvalue weighted by atomic mass is 35.5. The summed E-state index contributed by atoms with van der Waals surface area (Å²) in [5.41, 5.74) is 0.626. The molecule has 1 saturated carbocycles. The van der Waals surface area contributed by atoms with Crippen molar-refractivity contribution in [1.29, 1.82) is 0 Å². The minimum absolute atomic E-state index is 0.170. The Labute approximate surface area is 197 Å². The highest BCUT2D eigenvalue weighted by Crippen LogP contribution is 2.37. The second-order valence-electron chi connectivity index (χ2n) is 8.31. The number of hydrogen-bond acceptors (Lipinski definition) is 4. The summed E-state index contributed by atoms with van der Waals surface area (Å²) in [5, 5.41) is 12.1. The normalized spacial score (nSPS) is 18.7. The third-order valence-corrected chi connectivity index (χ3v) is 6.86. The van der Waals surface area contributed by atoms with E-state index in [1.807, 2.05) is 0 Å². The quantitative estimate of drug-likeness (QED) is 0.568. The van der Waals surface area contributed by atoms with Crippen LogP contribution < -0.4 is 10.1 Å². The highest BCUT2D eigenvalue weighted by Gasteiger charge is 2.28. The van der Waals surface area contributed by atoms with Crippen molar-refractivity contribution in [3.63, 3.8) is 0 Å². The Morgan fingerprint density at radius 2 is 1.78 bits per heavy atom. The number of rotatable bonds is 7. The zero-order chi connectivity index (χ0) is 23.3. The minimum Gasteiger partial charge on any atom is -0.489 e. The number of nitrogens with zero attached hydrogens (tertiary/aromatic N) is 1. The van der Waals surface area contributed by atoms with Crippen LogP contribution in [0.2, 0.25) is 10.0 Å². The third kappa shape index (κ3) is 6.17. The lowest BCUT2D eigenvalue weighted by atomic mass is 9.95. The molecule has 1 saturated heterocycles. The first-order valence-electron chi connectivity index (χ1n) is 10.9. The summed E-state index contributed by atoms with van der Waals surface area (Å²) >= 11 is 12.8. The van der Waals surface area contributed by atoms with Crippen molar-refractivity contribution in [3.8, 4) is 5.75 Å². The molecule has 0 spiro atoms. The van der Waals surface area contributed by atoms with Gasteiger partial charge < -0.3 is 20.1 Å². The van der Waals surface area contributed by atoms with E-state index in [9.17, 15) is 14.4 Å². The summed E-state index contributed by atoms with van der Waals surface area (Å²) in [6.07, 6.45) is 8.55. The Kier molecular flexibility index (Phi) is 8.43. The summed E-state index contributed by atoms with van der Waals surface area (Å²) in [5.74, 6) is -1.28. The van der Waals surface area contributed by atoms with Gasteiger partial charge in [-0.05, 0) is 69.2 Å². The van der Waals surface area contributed by atoms with Crippen LogP contribution >= 0.6 is 23.2 Å². The Hall–Kier alpha value is -2.25. The minimum atomic E-state index is -1.08. The molecule has 0 aromatic heterocycles. The van der Waals surface area contributed by atoms with Crippen LogP contribution in [-0.2, 0) is 14.4 Å². The molecular weight excluding hydrogens is 455 g/mol. The van der Waals surface area contributed by atoms with Crippen LogP contribution in [0.25, 0.3) is 6.08 Å². The monoisotopic (exact) mass is 482 g/mol. The second-order valence-corrected chi connectivity index (χ2v) is 9.06. The number of amides is 2. The lowest BCUT2D eigenvalue weighted by Crippen LogP contribution is -2.46. The number of carbonyl (C=O) groups is 3. The van der Waals surface area contributed by atoms with E-state index in [-0.39, 0.29) is 23.8 Å². The Morgan fingerprint density at radius 1 is 1.12 bits per heavy atom. The van der Waals surface area contributed by atoms with Gasteiger partial charge in [0.15, 0.2) is 0 Å². The molecule has 1 aromatic carbocycles. The standard InChI is InChI=1S/C23H28Cl2N2O5/c1-14(23(30)31)26-22(29)16-10-12-27(13-11-16)19(28)9-7-15-6-8-18(21(25)20(15)24)32-17-4-2-3-5-17/h6-9,14,16-17H,2-5,10-13H2,1H3,(H,26,29)(H,30,31)/b9-7+. The zero-order valence-corrected chi connectivity index (χ0v) is 19.5. The molecule has 0 bridgehead atoms. The molecule has 174 valence electrons. The van der Waals surface area contributed by atoms with Crippen LogP contribution in [0.4, 0.5) is 0 Å². The Morgan fingerprint density at radius 3 is 2.41 bits per heavy atom. The first-order valence-corrected chi connectivity index (χ1v) is 11.7. The molecule has 3 rings (SSSR count). The van der Waals surface area contributed by atoms with E-state index < -0.39 is 12.0 Å². The molecule has 2 amide bonds. The van der Waals surface area contributed by atoms with Gasteiger partial charge in [0.05, 0.1) is 11.1 Å². The fourth-order valence-electron chi connectivity index (χ4n) is 3.97. The van der Waals surface area contributed by atoms with Gasteiger partial charge in [-0.25, -0.2) is 0 Å². The number of carboxylic acids is 1. The van der Waals surface area contributed by atoms with Crippen LogP contribution in [-0.4, -0.2) is 53.0 Å². The maximum Gasteiger partial charge on any atom is 0.325 e. The molecule has 1 aliphatic heterocycles. The molecule has 1 aliphatic carbocycles. The van der Waals surface area contributed by atoms with E-state index in [1.165, 1.54) is 13.0 Å². The lowest BCUT2D eigenvalue weighted by Gasteiger charge is -2.31. The summed E-state index contributed by atoms with van der Waals surface area (Å²) in [6.45, 7) is 2.27. The second kappa shape index (κ2) is 11.1. The van der Waals surface area contributed by atoms with Crippen molar-refractivity contribution >= 4 is 47.1 Å². The number of aliphatic carboxylic acids is 1. The lowest BCUT2D eigenvalue weighted by molar-refractivity contribution is -0.142. The largest absolute Gasteiger partial charge is 0.489 e. The van der Waals surface area contributed by atoms with E-state index in [0.717, 1.165) is 25.7 Å². The van der Waals surface area contributed by atoms with Gasteiger partial charge in [-0.15, -0.1) is 0 Å². The van der Waals surface area contributed by atoms with Gasteiger partial charge in [-0.1, -0.05) is 23.2 Å². The average Bonchev–Trinajstić information content (AvgIpc) is 3.29. The molecule has 9 heteroatoms. The average molecular weight is 483 g/mol. The van der Waals surface area contributed by atoms with E-state index in [4.69, 9.17) is 33.0 Å². The SMILES string of the molecule is CC(NC(=O)C1CCN(C(=O)/C=C/c2ccc(OC3CCCC3)c(Cl)c2Cl)CC1)C(=O)O. The topological polar surface area (TPSA) is 95.9 Å². The number of halogens is 2. The van der Waals surface area contributed by atoms with Crippen molar-refractivity contribution in [1.82, 2.24) is 10.2 Å². The van der Waals surface area contributed by atoms with Gasteiger partial charge in [0, 0.05) is 25.1 Å². The number of piperidine rings is 1. The molecular formula is C23H28Cl2N2O5. The molecule has 1 atom stereocenters. The van der Waals surface area contributed by atoms with Gasteiger partial charge in [-0.3, -0.25) is 14.4 Å². The van der Waals surface area contributed by atoms with E-state index in [1.54, 1.807) is 23.1 Å². The highest BCUT2D eigenvalue weighted by molar-refractivity contribution is 6.43. The first kappa shape index (κ1) is 24.4. The van der Waals surface area contributed by atoms with Gasteiger partial charge in [0.2, 0.25) is 11.8 Å². The molecule has 2 aliphatic rings. The van der Waals surface area contributed by atoms with Crippen LogP contribution in [0.1, 0.15) is 51.0 Å². The fraction of sp³-hybridized carbons (Fsp3) is 0.522. The number of hydrogen-bond donors (Lipinski definition) is 2. The van der Waals surface area contributed by atoms with Crippen molar-refractivity contribution in [2.24, 2.45) is 5.92 Å². The summed E-state index contributed by atoms with van der Waals surface area (Å²) in [6, 6.07) is 2.62. The number of benzene rings is 1. The van der Waals surface area contributed by atoms with Crippen molar-refractivity contribution in [3.05, 3.63) is 33.8 Å². The summed E-state index contributed by atoms with van der Waals surface area (Å²) in [7, 11) is 0. The van der Waals surface area contributed by atoms with E-state index in [0.29, 0.717) is 47.3 Å². The van der Waals surface area contributed by atoms with Crippen LogP contribution in [0.3, 0.4) is 0 Å². The van der Waals surface area contributed by atoms with Gasteiger partial charge in [0.25, 0.3) is 0 Å². The number of likely N-dealkylation sites (tertiary alicyclic amines) is 1. The molecule has 0 radical (unpaired) electrons. The van der Waals surface area contributed by atoms with Gasteiger partial charge in [-0.2, -0.15) is 0 Å². The third-order valence-electron chi connectivity index (χ3n) is 5.98. The zero-order valence-electron chi connectivity index (χ0n) is 18.0. The van der Waals surface area contributed by atoms with E-state index >= 15 is 0 Å². The summed E-state index contributed by atoms with van der Waals surface area (Å²) < 4.78 is 5.95. The molecule has 1 aromatic rings. The van der Waals surface area contributed by atoms with E-state index in [2.05, 4.69) is 5.32 Å². The van der Waals surface area contributed by atoms with Crippen molar-refractivity contribution in [2.75, 3.05) is 13.1 Å². The van der Waals surface area contributed by atoms with Crippen LogP contribution in [0, 0.1) is 5.92 Å². The number of ether oxygens (including phenoxy) is 1. The number of carbonyl (C=O) groups excluding carboxylic acids is 2. The number of carboxylic acid groups (broad SMARTS) is 1. The molecule has 32 heavy (non-hydrogen) atoms. The molecule has 2 fully saturated rings. The van der Waals surface area contributed by atoms with Gasteiger partial charge in [0.1, 0.15) is 16.8 Å². The Balaban J connectivity index is 1.53. The summed E-state index contributed by atoms with van der Waals surface area (Å²) in [4.78, 5) is 37.3. The smallest absolute Gasteiger partial charge is 0.325 e. The predicted octanol–water partition coefficient (Wildman–Crippen LogP) is 4.16. The molecule has 1 unspecified atom stereocenters. The van der Waals surface area contributed by atoms with Gasteiger partial charge >= 0.3 is 5.97 Å². The fourth-order valence-corrected chi connectivity index (χ4v) is 4.41. The maximum atomic E-state index is 12.6. The predicted molar refractivity (Wildman–Crippen MR) is 123 cm³/mol. The van der Waals surface area contributed by atoms with Crippen molar-refractivity contribution in [2.45, 2.75) is 57.6 Å². The number of nitrogens with one attached hydrogen (secondary N) is 1. The Bertz CT molecular complexity index is 891. The van der Waals surface area contributed by atoms with Crippen LogP contribution in [0.5, 0.6) is 5.75 Å². The molecule has 1 heterocycles. The maximum absolute atomic E-state index is 12.6.